The van der Waals surface area contributed by atoms with Gasteiger partial charge in [-0.3, -0.25) is 4.79 Å². The highest BCUT2D eigenvalue weighted by atomic mass is 16.5. The van der Waals surface area contributed by atoms with Crippen LogP contribution in [0.25, 0.3) is 0 Å². The molecule has 0 unspecified atom stereocenters. The van der Waals surface area contributed by atoms with Gasteiger partial charge < -0.3 is 15.0 Å². The molecule has 4 nitrogen and oxygen atoms in total. The summed E-state index contributed by atoms with van der Waals surface area (Å²) < 4.78 is 5.18. The molecule has 14 heavy (non-hydrogen) atoms. The molecule has 1 aliphatic heterocycles. The Hall–Kier alpha value is -0.610. The molecule has 0 aromatic heterocycles. The lowest BCUT2D eigenvalue weighted by atomic mass is 10.1. The second kappa shape index (κ2) is 4.75. The van der Waals surface area contributed by atoms with Gasteiger partial charge in [0.05, 0.1) is 19.8 Å². The van der Waals surface area contributed by atoms with Crippen LogP contribution in [0.5, 0.6) is 0 Å². The molecular weight excluding hydrogens is 180 g/mol. The van der Waals surface area contributed by atoms with Crippen molar-refractivity contribution in [2.24, 2.45) is 0 Å². The van der Waals surface area contributed by atoms with Gasteiger partial charge in [0.15, 0.2) is 0 Å². The zero-order valence-corrected chi connectivity index (χ0v) is 9.30. The molecule has 1 heterocycles. The number of nitrogens with one attached hydrogen (secondary N) is 1. The maximum Gasteiger partial charge on any atom is 0.236 e. The largest absolute Gasteiger partial charge is 0.378 e. The molecule has 1 N–H and O–H groups in total. The van der Waals surface area contributed by atoms with Crippen molar-refractivity contribution < 1.29 is 9.53 Å². The van der Waals surface area contributed by atoms with E-state index in [1.807, 2.05) is 4.90 Å². The predicted octanol–water partition coefficient (Wildman–Crippen LogP) is 0.233. The second-order valence-electron chi connectivity index (χ2n) is 4.60. The van der Waals surface area contributed by atoms with Gasteiger partial charge in [0.1, 0.15) is 0 Å². The van der Waals surface area contributed by atoms with Crippen LogP contribution in [0.3, 0.4) is 0 Å². The van der Waals surface area contributed by atoms with Gasteiger partial charge in [-0.15, -0.1) is 0 Å². The number of hydrogen-bond donors (Lipinski definition) is 1. The summed E-state index contributed by atoms with van der Waals surface area (Å²) in [5.74, 6) is 0.170. The Kier molecular flexibility index (Phi) is 3.89. The second-order valence-corrected chi connectivity index (χ2v) is 4.60. The van der Waals surface area contributed by atoms with E-state index in [1.54, 1.807) is 0 Å². The number of ether oxygens (including phenoxy) is 1. The Bertz CT molecular complexity index is 193. The van der Waals surface area contributed by atoms with Crippen molar-refractivity contribution in [2.75, 3.05) is 32.8 Å². The summed E-state index contributed by atoms with van der Waals surface area (Å²) in [6.45, 7) is 9.38. The Morgan fingerprint density at radius 2 is 1.93 bits per heavy atom. The van der Waals surface area contributed by atoms with E-state index in [0.29, 0.717) is 19.8 Å². The Morgan fingerprint density at radius 1 is 1.36 bits per heavy atom. The summed E-state index contributed by atoms with van der Waals surface area (Å²) in [4.78, 5) is 13.5. The van der Waals surface area contributed by atoms with E-state index in [2.05, 4.69) is 26.1 Å². The van der Waals surface area contributed by atoms with E-state index >= 15 is 0 Å². The summed E-state index contributed by atoms with van der Waals surface area (Å²) >= 11 is 0. The van der Waals surface area contributed by atoms with Crippen molar-refractivity contribution in [3.05, 3.63) is 0 Å². The molecule has 0 radical (unpaired) electrons. The zero-order chi connectivity index (χ0) is 10.6. The van der Waals surface area contributed by atoms with Crippen molar-refractivity contribution in [1.82, 2.24) is 10.2 Å². The lowest BCUT2D eigenvalue weighted by Crippen LogP contribution is -2.48. The predicted molar refractivity (Wildman–Crippen MR) is 55.2 cm³/mol. The van der Waals surface area contributed by atoms with E-state index in [1.165, 1.54) is 0 Å². The summed E-state index contributed by atoms with van der Waals surface area (Å²) in [6, 6.07) is 0. The summed E-state index contributed by atoms with van der Waals surface area (Å²) in [7, 11) is 0. The monoisotopic (exact) mass is 200 g/mol. The van der Waals surface area contributed by atoms with E-state index in [-0.39, 0.29) is 11.4 Å². The molecule has 0 aromatic carbocycles. The molecule has 0 saturated carbocycles. The average Bonchev–Trinajstić information content (AvgIpc) is 2.14. The third-order valence-corrected chi connectivity index (χ3v) is 2.13. The molecule has 0 spiro atoms. The minimum Gasteiger partial charge on any atom is -0.378 e. The van der Waals surface area contributed by atoms with Gasteiger partial charge in [-0.05, 0) is 20.8 Å². The maximum atomic E-state index is 11.7. The quantitative estimate of drug-likeness (QED) is 0.694. The Morgan fingerprint density at radius 3 is 2.43 bits per heavy atom. The fourth-order valence-electron chi connectivity index (χ4n) is 1.27. The van der Waals surface area contributed by atoms with Gasteiger partial charge in [-0.25, -0.2) is 0 Å². The van der Waals surface area contributed by atoms with Gasteiger partial charge in [0, 0.05) is 18.6 Å². The maximum absolute atomic E-state index is 11.7. The normalized spacial score (nSPS) is 18.4. The number of amides is 1. The standard InChI is InChI=1S/C10H20N2O2/c1-10(2,3)11-8-9(13)12-4-6-14-7-5-12/h11H,4-8H2,1-3H3. The highest BCUT2D eigenvalue weighted by Gasteiger charge is 2.18. The molecule has 0 bridgehead atoms. The molecule has 1 fully saturated rings. The number of hydrogen-bond acceptors (Lipinski definition) is 3. The summed E-state index contributed by atoms with van der Waals surface area (Å²) in [6.07, 6.45) is 0. The smallest absolute Gasteiger partial charge is 0.236 e. The van der Waals surface area contributed by atoms with E-state index < -0.39 is 0 Å². The molecule has 1 saturated heterocycles. The van der Waals surface area contributed by atoms with Crippen LogP contribution in [0.2, 0.25) is 0 Å². The van der Waals surface area contributed by atoms with Crippen LogP contribution in [0.15, 0.2) is 0 Å². The van der Waals surface area contributed by atoms with Crippen LogP contribution < -0.4 is 5.32 Å². The highest BCUT2D eigenvalue weighted by Crippen LogP contribution is 2.00. The molecule has 4 heteroatoms. The molecule has 0 atom stereocenters. The topological polar surface area (TPSA) is 41.6 Å². The number of morpholine rings is 1. The number of rotatable bonds is 2. The van der Waals surface area contributed by atoms with Gasteiger partial charge in [-0.1, -0.05) is 0 Å². The van der Waals surface area contributed by atoms with Gasteiger partial charge in [0.2, 0.25) is 5.91 Å². The minimum atomic E-state index is 0.00193. The van der Waals surface area contributed by atoms with Crippen molar-refractivity contribution in [2.45, 2.75) is 26.3 Å². The first-order valence-corrected chi connectivity index (χ1v) is 5.09. The zero-order valence-electron chi connectivity index (χ0n) is 9.30. The first-order valence-electron chi connectivity index (χ1n) is 5.09. The Balaban J connectivity index is 2.27. The first-order chi connectivity index (χ1) is 6.49. The highest BCUT2D eigenvalue weighted by molar-refractivity contribution is 5.78. The molecular formula is C10H20N2O2. The van der Waals surface area contributed by atoms with Crippen LogP contribution in [0.4, 0.5) is 0 Å². The SMILES string of the molecule is CC(C)(C)NCC(=O)N1CCOCC1. The summed E-state index contributed by atoms with van der Waals surface area (Å²) in [5.41, 5.74) is 0.00193. The fourth-order valence-corrected chi connectivity index (χ4v) is 1.27. The lowest BCUT2D eigenvalue weighted by Gasteiger charge is -2.28. The Labute approximate surface area is 85.6 Å². The van der Waals surface area contributed by atoms with E-state index in [0.717, 1.165) is 13.1 Å². The fraction of sp³-hybridized carbons (Fsp3) is 0.900. The van der Waals surface area contributed by atoms with Crippen LogP contribution in [0, 0.1) is 0 Å². The molecule has 0 aromatic rings. The molecule has 1 aliphatic rings. The first kappa shape index (κ1) is 11.5. The molecule has 82 valence electrons. The van der Waals surface area contributed by atoms with Crippen LogP contribution in [-0.4, -0.2) is 49.2 Å². The third kappa shape index (κ3) is 4.07. The lowest BCUT2D eigenvalue weighted by molar-refractivity contribution is -0.134. The van der Waals surface area contributed by atoms with Crippen molar-refractivity contribution in [3.63, 3.8) is 0 Å². The van der Waals surface area contributed by atoms with Crippen molar-refractivity contribution in [3.8, 4) is 0 Å². The summed E-state index contributed by atoms with van der Waals surface area (Å²) in [5, 5.41) is 3.19. The number of carbonyl (C=O) groups excluding carboxylic acids is 1. The van der Waals surface area contributed by atoms with E-state index in [9.17, 15) is 4.79 Å². The molecule has 1 amide bonds. The molecule has 0 aliphatic carbocycles. The van der Waals surface area contributed by atoms with Crippen molar-refractivity contribution >= 4 is 5.91 Å². The van der Waals surface area contributed by atoms with Gasteiger partial charge in [0.25, 0.3) is 0 Å². The molecule has 1 rings (SSSR count). The van der Waals surface area contributed by atoms with E-state index in [4.69, 9.17) is 4.74 Å². The number of carbonyl (C=O) groups is 1. The van der Waals surface area contributed by atoms with Crippen LogP contribution >= 0.6 is 0 Å². The van der Waals surface area contributed by atoms with Crippen LogP contribution in [-0.2, 0) is 9.53 Å². The average molecular weight is 200 g/mol. The minimum absolute atomic E-state index is 0.00193. The number of nitrogens with zero attached hydrogens (tertiary/aromatic N) is 1. The van der Waals surface area contributed by atoms with Gasteiger partial charge in [-0.2, -0.15) is 0 Å². The third-order valence-electron chi connectivity index (χ3n) is 2.13. The van der Waals surface area contributed by atoms with Crippen molar-refractivity contribution in [1.29, 1.82) is 0 Å². The van der Waals surface area contributed by atoms with Gasteiger partial charge >= 0.3 is 0 Å². The van der Waals surface area contributed by atoms with Crippen LogP contribution in [0.1, 0.15) is 20.8 Å².